The van der Waals surface area contributed by atoms with E-state index >= 15 is 0 Å². The topological polar surface area (TPSA) is 0 Å². The van der Waals surface area contributed by atoms with Crippen LogP contribution in [-0.2, 0) is 0 Å². The van der Waals surface area contributed by atoms with Crippen LogP contribution in [0.3, 0.4) is 0 Å². The Bertz CT molecular complexity index is 216. The maximum absolute atomic E-state index is 2.55. The molecule has 0 N–H and O–H groups in total. The van der Waals surface area contributed by atoms with Crippen LogP contribution in [0.1, 0.15) is 71.1 Å². The minimum atomic E-state index is 0.824. The second kappa shape index (κ2) is 3.00. The van der Waals surface area contributed by atoms with Gasteiger partial charge in [-0.1, -0.05) is 32.6 Å². The van der Waals surface area contributed by atoms with Gasteiger partial charge in [-0.05, 0) is 55.3 Å². The Morgan fingerprint density at radius 2 is 1.43 bits per heavy atom. The molecule has 3 rings (SSSR count). The molecule has 3 aliphatic rings. The summed E-state index contributed by atoms with van der Waals surface area (Å²) in [5.74, 6) is 1.04. The van der Waals surface area contributed by atoms with Crippen molar-refractivity contribution in [2.75, 3.05) is 0 Å². The first kappa shape index (κ1) is 9.24. The largest absolute Gasteiger partial charge is 0.0620 e. The molecular weight excluding hydrogens is 168 g/mol. The van der Waals surface area contributed by atoms with E-state index < -0.39 is 0 Å². The molecule has 3 aliphatic carbocycles. The zero-order chi connectivity index (χ0) is 9.65. The van der Waals surface area contributed by atoms with Gasteiger partial charge < -0.3 is 0 Å². The molecule has 0 aromatic rings. The summed E-state index contributed by atoms with van der Waals surface area (Å²) >= 11 is 0. The maximum atomic E-state index is 2.55. The van der Waals surface area contributed by atoms with Gasteiger partial charge in [0.25, 0.3) is 0 Å². The van der Waals surface area contributed by atoms with Crippen LogP contribution in [0.15, 0.2) is 0 Å². The van der Waals surface area contributed by atoms with Crippen molar-refractivity contribution >= 4 is 0 Å². The van der Waals surface area contributed by atoms with Gasteiger partial charge in [0, 0.05) is 0 Å². The van der Waals surface area contributed by atoms with E-state index in [1.165, 1.54) is 25.7 Å². The Kier molecular flexibility index (Phi) is 1.98. The monoisotopic (exact) mass is 192 g/mol. The lowest BCUT2D eigenvalue weighted by atomic mass is 9.75. The van der Waals surface area contributed by atoms with Gasteiger partial charge in [0.2, 0.25) is 0 Å². The average Bonchev–Trinajstić information content (AvgIpc) is 2.81. The quantitative estimate of drug-likeness (QED) is 0.528. The molecule has 14 heavy (non-hydrogen) atoms. The predicted molar refractivity (Wildman–Crippen MR) is 60.2 cm³/mol. The van der Waals surface area contributed by atoms with Crippen molar-refractivity contribution in [3.8, 4) is 0 Å². The molecule has 3 saturated carbocycles. The van der Waals surface area contributed by atoms with Crippen molar-refractivity contribution in [2.45, 2.75) is 71.1 Å². The fraction of sp³-hybridized carbons (Fsp3) is 1.00. The van der Waals surface area contributed by atoms with Crippen LogP contribution >= 0.6 is 0 Å². The van der Waals surface area contributed by atoms with Crippen molar-refractivity contribution < 1.29 is 0 Å². The van der Waals surface area contributed by atoms with E-state index in [0.717, 1.165) is 16.7 Å². The van der Waals surface area contributed by atoms with Crippen LogP contribution in [0.4, 0.5) is 0 Å². The third kappa shape index (κ3) is 1.19. The number of hydrogen-bond donors (Lipinski definition) is 0. The van der Waals surface area contributed by atoms with Crippen LogP contribution in [-0.4, -0.2) is 0 Å². The molecule has 0 amide bonds. The molecule has 0 aliphatic heterocycles. The van der Waals surface area contributed by atoms with Gasteiger partial charge in [-0.25, -0.2) is 0 Å². The molecule has 0 bridgehead atoms. The van der Waals surface area contributed by atoms with Crippen molar-refractivity contribution in [2.24, 2.45) is 16.7 Å². The van der Waals surface area contributed by atoms with Crippen molar-refractivity contribution in [3.63, 3.8) is 0 Å². The molecule has 0 nitrogen and oxygen atoms in total. The zero-order valence-electron chi connectivity index (χ0n) is 9.65. The summed E-state index contributed by atoms with van der Waals surface area (Å²) in [6, 6.07) is 0. The molecule has 0 aromatic heterocycles. The molecular formula is C14H24. The molecule has 0 heteroatoms. The zero-order valence-corrected chi connectivity index (χ0v) is 9.65. The minimum Gasteiger partial charge on any atom is -0.0620 e. The molecule has 2 spiro atoms. The smallest absolute Gasteiger partial charge is 0.0266 e. The Balaban J connectivity index is 1.83. The van der Waals surface area contributed by atoms with Crippen LogP contribution in [0.25, 0.3) is 0 Å². The van der Waals surface area contributed by atoms with E-state index in [0.29, 0.717) is 0 Å². The van der Waals surface area contributed by atoms with Gasteiger partial charge in [-0.3, -0.25) is 0 Å². The second-order valence-corrected chi connectivity index (χ2v) is 6.56. The SMILES string of the molecule is CC1CC2(CCCC2)CC12CCCC2. The van der Waals surface area contributed by atoms with Gasteiger partial charge in [0.1, 0.15) is 0 Å². The summed E-state index contributed by atoms with van der Waals surface area (Å²) in [7, 11) is 0. The summed E-state index contributed by atoms with van der Waals surface area (Å²) in [4.78, 5) is 0. The first-order valence-electron chi connectivity index (χ1n) is 6.75. The van der Waals surface area contributed by atoms with Gasteiger partial charge in [0.05, 0.1) is 0 Å². The lowest BCUT2D eigenvalue weighted by molar-refractivity contribution is 0.204. The normalized spacial score (nSPS) is 38.8. The molecule has 0 aromatic carbocycles. The molecule has 1 unspecified atom stereocenters. The van der Waals surface area contributed by atoms with Crippen LogP contribution in [0.2, 0.25) is 0 Å². The maximum Gasteiger partial charge on any atom is -0.0266 e. The highest BCUT2D eigenvalue weighted by molar-refractivity contribution is 5.04. The summed E-state index contributed by atoms with van der Waals surface area (Å²) in [5, 5.41) is 0. The Hall–Kier alpha value is 0. The Labute approximate surface area is 88.5 Å². The van der Waals surface area contributed by atoms with E-state index in [9.17, 15) is 0 Å². The fourth-order valence-corrected chi connectivity index (χ4v) is 5.11. The average molecular weight is 192 g/mol. The van der Waals surface area contributed by atoms with Crippen LogP contribution in [0, 0.1) is 16.7 Å². The third-order valence-electron chi connectivity index (χ3n) is 5.78. The molecule has 0 saturated heterocycles. The van der Waals surface area contributed by atoms with Crippen molar-refractivity contribution in [3.05, 3.63) is 0 Å². The molecule has 0 radical (unpaired) electrons. The standard InChI is InChI=1S/C14H24/c1-12-10-13(6-2-3-7-13)11-14(12)8-4-5-9-14/h12H,2-11H2,1H3. The first-order valence-corrected chi connectivity index (χ1v) is 6.75. The molecule has 1 atom stereocenters. The van der Waals surface area contributed by atoms with Crippen LogP contribution < -0.4 is 0 Å². The number of rotatable bonds is 0. The Morgan fingerprint density at radius 1 is 0.857 bits per heavy atom. The van der Waals surface area contributed by atoms with Crippen molar-refractivity contribution in [1.29, 1.82) is 0 Å². The fourth-order valence-electron chi connectivity index (χ4n) is 5.11. The highest BCUT2D eigenvalue weighted by atomic mass is 14.6. The summed E-state index contributed by atoms with van der Waals surface area (Å²) in [5.41, 5.74) is 1.66. The lowest BCUT2D eigenvalue weighted by Gasteiger charge is -2.30. The molecule has 0 heterocycles. The van der Waals surface area contributed by atoms with Gasteiger partial charge in [0.15, 0.2) is 0 Å². The third-order valence-corrected chi connectivity index (χ3v) is 5.78. The van der Waals surface area contributed by atoms with Gasteiger partial charge in [-0.2, -0.15) is 0 Å². The first-order chi connectivity index (χ1) is 6.75. The predicted octanol–water partition coefficient (Wildman–Crippen LogP) is 4.54. The molecule has 80 valence electrons. The summed E-state index contributed by atoms with van der Waals surface area (Å²) < 4.78 is 0. The lowest BCUT2D eigenvalue weighted by Crippen LogP contribution is -2.20. The minimum absolute atomic E-state index is 0.824. The van der Waals surface area contributed by atoms with Crippen molar-refractivity contribution in [1.82, 2.24) is 0 Å². The summed E-state index contributed by atoms with van der Waals surface area (Å²) in [6.07, 6.45) is 15.6. The summed E-state index contributed by atoms with van der Waals surface area (Å²) in [6.45, 7) is 2.55. The van der Waals surface area contributed by atoms with Gasteiger partial charge >= 0.3 is 0 Å². The van der Waals surface area contributed by atoms with E-state index in [4.69, 9.17) is 0 Å². The van der Waals surface area contributed by atoms with E-state index in [1.54, 1.807) is 38.5 Å². The van der Waals surface area contributed by atoms with E-state index in [1.807, 2.05) is 0 Å². The second-order valence-electron chi connectivity index (χ2n) is 6.56. The van der Waals surface area contributed by atoms with Crippen LogP contribution in [0.5, 0.6) is 0 Å². The highest BCUT2D eigenvalue weighted by Crippen LogP contribution is 2.65. The Morgan fingerprint density at radius 3 is 2.07 bits per heavy atom. The van der Waals surface area contributed by atoms with Gasteiger partial charge in [-0.15, -0.1) is 0 Å². The highest BCUT2D eigenvalue weighted by Gasteiger charge is 2.53. The van der Waals surface area contributed by atoms with E-state index in [2.05, 4.69) is 6.92 Å². The molecule has 3 fully saturated rings. The number of hydrogen-bond acceptors (Lipinski definition) is 0. The van der Waals surface area contributed by atoms with E-state index in [-0.39, 0.29) is 0 Å².